The number of hydrogen-bond acceptors (Lipinski definition) is 4. The number of hydrogen-bond donors (Lipinski definition) is 3. The number of carbonyl (C=O) groups excluding carboxylic acids is 2. The highest BCUT2D eigenvalue weighted by Crippen LogP contribution is 2.21. The minimum absolute atomic E-state index is 0.138. The minimum atomic E-state index is -1.40. The van der Waals surface area contributed by atoms with E-state index in [9.17, 15) is 14.7 Å². The Kier molecular flexibility index (Phi) is 5.41. The summed E-state index contributed by atoms with van der Waals surface area (Å²) in [5.74, 6) is -0.614. The monoisotopic (exact) mass is 330 g/mol. The number of carbonyl (C=O) groups is 2. The molecule has 2 amide bonds. The van der Waals surface area contributed by atoms with Crippen LogP contribution in [0, 0.1) is 6.92 Å². The number of amides is 2. The molecule has 0 aliphatic heterocycles. The second-order valence-electron chi connectivity index (χ2n) is 5.87. The summed E-state index contributed by atoms with van der Waals surface area (Å²) in [5.41, 5.74) is 0.221. The summed E-state index contributed by atoms with van der Waals surface area (Å²) in [4.78, 5) is 23.9. The number of rotatable bonds is 5. The molecule has 0 saturated carbocycles. The van der Waals surface area contributed by atoms with Crippen LogP contribution in [0.25, 0.3) is 0 Å². The zero-order valence-electron chi connectivity index (χ0n) is 14.1. The molecule has 0 bridgehead atoms. The highest BCUT2D eigenvalue weighted by atomic mass is 16.4. The van der Waals surface area contributed by atoms with Crippen molar-refractivity contribution in [2.75, 3.05) is 11.9 Å². The van der Waals surface area contributed by atoms with Crippen molar-refractivity contribution in [2.45, 2.75) is 32.8 Å². The van der Waals surface area contributed by atoms with Gasteiger partial charge in [0, 0.05) is 5.69 Å². The van der Waals surface area contributed by atoms with E-state index in [0.717, 1.165) is 12.0 Å². The Morgan fingerprint density at radius 3 is 2.58 bits per heavy atom. The number of anilines is 1. The first-order chi connectivity index (χ1) is 11.3. The Hall–Kier alpha value is -2.60. The van der Waals surface area contributed by atoms with Crippen LogP contribution in [0.5, 0.6) is 0 Å². The fourth-order valence-corrected chi connectivity index (χ4v) is 2.20. The first-order valence-electron chi connectivity index (χ1n) is 7.79. The van der Waals surface area contributed by atoms with Crippen LogP contribution >= 0.6 is 0 Å². The molecule has 0 spiro atoms. The molecule has 0 radical (unpaired) electrons. The molecule has 1 aromatic heterocycles. The fourth-order valence-electron chi connectivity index (χ4n) is 2.20. The van der Waals surface area contributed by atoms with Crippen LogP contribution in [0.2, 0.25) is 0 Å². The lowest BCUT2D eigenvalue weighted by atomic mass is 10.0. The lowest BCUT2D eigenvalue weighted by Gasteiger charge is -2.21. The molecule has 0 fully saturated rings. The second kappa shape index (κ2) is 7.31. The van der Waals surface area contributed by atoms with Crippen molar-refractivity contribution in [3.05, 3.63) is 53.5 Å². The van der Waals surface area contributed by atoms with Gasteiger partial charge in [0.25, 0.3) is 0 Å². The SMILES string of the molecule is CCc1cccc(NC(=O)C(=O)NCC(C)(O)c2ccc(C)o2)c1. The van der Waals surface area contributed by atoms with Gasteiger partial charge in [0.1, 0.15) is 17.1 Å². The molecule has 6 heteroatoms. The van der Waals surface area contributed by atoms with Crippen LogP contribution < -0.4 is 10.6 Å². The van der Waals surface area contributed by atoms with E-state index in [1.54, 1.807) is 25.1 Å². The smallest absolute Gasteiger partial charge is 0.313 e. The van der Waals surface area contributed by atoms with Crippen LogP contribution in [-0.2, 0) is 21.6 Å². The molecule has 1 heterocycles. The lowest BCUT2D eigenvalue weighted by molar-refractivity contribution is -0.136. The van der Waals surface area contributed by atoms with Crippen LogP contribution in [0.1, 0.15) is 30.9 Å². The number of nitrogens with one attached hydrogen (secondary N) is 2. The van der Waals surface area contributed by atoms with Gasteiger partial charge in [-0.25, -0.2) is 0 Å². The Labute approximate surface area is 140 Å². The first-order valence-corrected chi connectivity index (χ1v) is 7.79. The van der Waals surface area contributed by atoms with E-state index in [4.69, 9.17) is 4.42 Å². The predicted octanol–water partition coefficient (Wildman–Crippen LogP) is 2.11. The summed E-state index contributed by atoms with van der Waals surface area (Å²) < 4.78 is 5.36. The third-order valence-electron chi connectivity index (χ3n) is 3.66. The van der Waals surface area contributed by atoms with Gasteiger partial charge in [-0.3, -0.25) is 9.59 Å². The molecule has 1 unspecified atom stereocenters. The highest BCUT2D eigenvalue weighted by molar-refractivity contribution is 6.39. The summed E-state index contributed by atoms with van der Waals surface area (Å²) in [6.07, 6.45) is 0.835. The summed E-state index contributed by atoms with van der Waals surface area (Å²) in [7, 11) is 0. The molecular weight excluding hydrogens is 308 g/mol. The molecule has 0 saturated heterocycles. The number of furan rings is 1. The van der Waals surface area contributed by atoms with Crippen LogP contribution in [0.3, 0.4) is 0 Å². The maximum Gasteiger partial charge on any atom is 0.313 e. The van der Waals surface area contributed by atoms with Crippen molar-refractivity contribution in [3.8, 4) is 0 Å². The van der Waals surface area contributed by atoms with E-state index in [1.165, 1.54) is 6.92 Å². The highest BCUT2D eigenvalue weighted by Gasteiger charge is 2.28. The Morgan fingerprint density at radius 1 is 1.21 bits per heavy atom. The van der Waals surface area contributed by atoms with Gasteiger partial charge in [-0.05, 0) is 50.1 Å². The van der Waals surface area contributed by atoms with Crippen molar-refractivity contribution in [1.82, 2.24) is 5.32 Å². The van der Waals surface area contributed by atoms with Crippen molar-refractivity contribution in [2.24, 2.45) is 0 Å². The maximum atomic E-state index is 11.9. The van der Waals surface area contributed by atoms with Gasteiger partial charge >= 0.3 is 11.8 Å². The molecule has 2 rings (SSSR count). The number of aryl methyl sites for hydroxylation is 2. The molecule has 24 heavy (non-hydrogen) atoms. The summed E-state index contributed by atoms with van der Waals surface area (Å²) in [6.45, 7) is 5.14. The van der Waals surface area contributed by atoms with Crippen molar-refractivity contribution in [1.29, 1.82) is 0 Å². The van der Waals surface area contributed by atoms with Crippen LogP contribution in [0.4, 0.5) is 5.69 Å². The van der Waals surface area contributed by atoms with Gasteiger partial charge in [0.15, 0.2) is 0 Å². The number of benzene rings is 1. The van der Waals surface area contributed by atoms with Gasteiger partial charge in [-0.15, -0.1) is 0 Å². The first kappa shape index (κ1) is 17.7. The Bertz CT molecular complexity index is 734. The lowest BCUT2D eigenvalue weighted by Crippen LogP contribution is -2.43. The molecule has 6 nitrogen and oxygen atoms in total. The van der Waals surface area contributed by atoms with E-state index in [1.807, 2.05) is 25.1 Å². The van der Waals surface area contributed by atoms with Gasteiger partial charge < -0.3 is 20.2 Å². The minimum Gasteiger partial charge on any atom is -0.463 e. The Morgan fingerprint density at radius 2 is 1.96 bits per heavy atom. The van der Waals surface area contributed by atoms with Crippen molar-refractivity contribution < 1.29 is 19.1 Å². The fraction of sp³-hybridized carbons (Fsp3) is 0.333. The summed E-state index contributed by atoms with van der Waals surface area (Å²) in [6, 6.07) is 10.6. The third-order valence-corrected chi connectivity index (χ3v) is 3.66. The molecule has 1 atom stereocenters. The largest absolute Gasteiger partial charge is 0.463 e. The number of aliphatic hydroxyl groups is 1. The molecule has 0 aliphatic rings. The average molecular weight is 330 g/mol. The van der Waals surface area contributed by atoms with E-state index in [2.05, 4.69) is 10.6 Å². The Balaban J connectivity index is 1.92. The van der Waals surface area contributed by atoms with Gasteiger partial charge in [0.2, 0.25) is 0 Å². The second-order valence-corrected chi connectivity index (χ2v) is 5.87. The molecule has 1 aromatic carbocycles. The van der Waals surface area contributed by atoms with Gasteiger partial charge in [-0.2, -0.15) is 0 Å². The normalized spacial score (nSPS) is 13.2. The van der Waals surface area contributed by atoms with E-state index >= 15 is 0 Å². The van der Waals surface area contributed by atoms with Crippen molar-refractivity contribution >= 4 is 17.5 Å². The van der Waals surface area contributed by atoms with Gasteiger partial charge in [-0.1, -0.05) is 19.1 Å². The molecule has 128 valence electrons. The molecule has 2 aromatic rings. The zero-order chi connectivity index (χ0) is 17.7. The van der Waals surface area contributed by atoms with Crippen LogP contribution in [-0.4, -0.2) is 23.5 Å². The predicted molar refractivity (Wildman–Crippen MR) is 90.5 cm³/mol. The summed E-state index contributed by atoms with van der Waals surface area (Å²) in [5, 5.41) is 15.3. The van der Waals surface area contributed by atoms with E-state index in [0.29, 0.717) is 17.2 Å². The van der Waals surface area contributed by atoms with Gasteiger partial charge in [0.05, 0.1) is 6.54 Å². The summed E-state index contributed by atoms with van der Waals surface area (Å²) >= 11 is 0. The van der Waals surface area contributed by atoms with Crippen molar-refractivity contribution in [3.63, 3.8) is 0 Å². The molecular formula is C18H22N2O4. The standard InChI is InChI=1S/C18H22N2O4/c1-4-13-6-5-7-14(10-13)20-17(22)16(21)19-11-18(3,23)15-9-8-12(2)24-15/h5-10,23H,4,11H2,1-3H3,(H,19,21)(H,20,22). The average Bonchev–Trinajstić information content (AvgIpc) is 3.00. The quantitative estimate of drug-likeness (QED) is 0.732. The third kappa shape index (κ3) is 4.45. The van der Waals surface area contributed by atoms with Crippen LogP contribution in [0.15, 0.2) is 40.8 Å². The van der Waals surface area contributed by atoms with E-state index in [-0.39, 0.29) is 6.54 Å². The maximum absolute atomic E-state index is 11.9. The van der Waals surface area contributed by atoms with E-state index < -0.39 is 17.4 Å². The molecule has 0 aliphatic carbocycles. The zero-order valence-corrected chi connectivity index (χ0v) is 14.1. The molecule has 3 N–H and O–H groups in total. The topological polar surface area (TPSA) is 91.6 Å².